The maximum atomic E-state index is 10.9. The Balaban J connectivity index is 1.73. The molecule has 0 saturated carbocycles. The third-order valence-corrected chi connectivity index (χ3v) is 4.48. The smallest absolute Gasteiger partial charge is 0.269 e. The van der Waals surface area contributed by atoms with Gasteiger partial charge in [0.25, 0.3) is 5.69 Å². The van der Waals surface area contributed by atoms with E-state index in [9.17, 15) is 15.4 Å². The largest absolute Gasteiger partial charge is 0.497 e. The van der Waals surface area contributed by atoms with Gasteiger partial charge >= 0.3 is 0 Å². The van der Waals surface area contributed by atoms with Crippen molar-refractivity contribution in [2.75, 3.05) is 7.11 Å². The molecule has 0 amide bonds. The van der Waals surface area contributed by atoms with Crippen LogP contribution in [0.3, 0.4) is 0 Å². The highest BCUT2D eigenvalue weighted by molar-refractivity contribution is 5.90. The molecule has 142 valence electrons. The number of hydrogen-bond acceptors (Lipinski definition) is 5. The lowest BCUT2D eigenvalue weighted by Crippen LogP contribution is -1.96. The Labute approximate surface area is 165 Å². The van der Waals surface area contributed by atoms with Gasteiger partial charge in [0.05, 0.1) is 28.6 Å². The summed E-state index contributed by atoms with van der Waals surface area (Å²) in [5.41, 5.74) is 3.38. The zero-order valence-electron chi connectivity index (χ0n) is 15.4. The minimum absolute atomic E-state index is 0.0217. The molecule has 29 heavy (non-hydrogen) atoms. The van der Waals surface area contributed by atoms with Crippen molar-refractivity contribution in [2.24, 2.45) is 0 Å². The number of non-ortho nitro benzene ring substituents is 1. The van der Waals surface area contributed by atoms with E-state index in [-0.39, 0.29) is 5.69 Å². The van der Waals surface area contributed by atoms with E-state index >= 15 is 0 Å². The monoisotopic (exact) mass is 385 g/mol. The molecule has 0 radical (unpaired) electrons. The Hall–Kier alpha value is -4.38. The molecular weight excluding hydrogens is 370 g/mol. The zero-order chi connectivity index (χ0) is 20.4. The molecule has 4 aromatic rings. The van der Waals surface area contributed by atoms with Gasteiger partial charge in [-0.1, -0.05) is 0 Å². The summed E-state index contributed by atoms with van der Waals surface area (Å²) in [6.07, 6.45) is 3.54. The fourth-order valence-corrected chi connectivity index (χ4v) is 3.03. The molecule has 8 heteroatoms. The lowest BCUT2D eigenvalue weighted by Gasteiger charge is -2.06. The maximum Gasteiger partial charge on any atom is 0.269 e. The number of hydrogen-bond donors (Lipinski definition) is 1. The number of imidazole rings is 1. The normalized spacial score (nSPS) is 11.4. The number of nitro benzene ring substituents is 1. The molecule has 0 atom stereocenters. The second-order valence-corrected chi connectivity index (χ2v) is 6.21. The molecule has 2 heterocycles. The molecule has 0 aliphatic carbocycles. The summed E-state index contributed by atoms with van der Waals surface area (Å²) < 4.78 is 7.06. The van der Waals surface area contributed by atoms with Gasteiger partial charge < -0.3 is 14.3 Å². The number of nitriles is 1. The number of methoxy groups -OCH3 is 1. The molecule has 2 aromatic carbocycles. The van der Waals surface area contributed by atoms with Crippen LogP contribution >= 0.6 is 0 Å². The second kappa shape index (κ2) is 7.32. The number of aromatic amines is 1. The van der Waals surface area contributed by atoms with Crippen LogP contribution in [0, 0.1) is 21.4 Å². The van der Waals surface area contributed by atoms with Gasteiger partial charge in [-0.3, -0.25) is 10.1 Å². The van der Waals surface area contributed by atoms with E-state index in [0.29, 0.717) is 17.1 Å². The number of H-pyrrole nitrogens is 1. The Morgan fingerprint density at radius 1 is 1.28 bits per heavy atom. The third-order valence-electron chi connectivity index (χ3n) is 4.48. The Kier molecular flexibility index (Phi) is 4.55. The van der Waals surface area contributed by atoms with Crippen molar-refractivity contribution < 1.29 is 9.66 Å². The van der Waals surface area contributed by atoms with Crippen molar-refractivity contribution in [1.82, 2.24) is 14.5 Å². The first-order valence-corrected chi connectivity index (χ1v) is 8.67. The maximum absolute atomic E-state index is 10.9. The van der Waals surface area contributed by atoms with E-state index in [1.165, 1.54) is 12.1 Å². The Morgan fingerprint density at radius 3 is 2.76 bits per heavy atom. The van der Waals surface area contributed by atoms with E-state index in [2.05, 4.69) is 16.0 Å². The van der Waals surface area contributed by atoms with Crippen LogP contribution in [0.4, 0.5) is 5.69 Å². The van der Waals surface area contributed by atoms with Crippen molar-refractivity contribution in [3.8, 4) is 17.5 Å². The van der Waals surface area contributed by atoms with E-state index < -0.39 is 4.92 Å². The number of allylic oxidation sites excluding steroid dienone is 1. The van der Waals surface area contributed by atoms with Crippen molar-refractivity contribution in [1.29, 1.82) is 5.26 Å². The number of benzene rings is 2. The number of nitro groups is 1. The van der Waals surface area contributed by atoms with Gasteiger partial charge in [-0.2, -0.15) is 5.26 Å². The van der Waals surface area contributed by atoms with Crippen molar-refractivity contribution in [3.05, 3.63) is 82.4 Å². The first-order valence-electron chi connectivity index (χ1n) is 8.67. The lowest BCUT2D eigenvalue weighted by molar-refractivity contribution is -0.384. The van der Waals surface area contributed by atoms with Crippen LogP contribution in [0.5, 0.6) is 5.75 Å². The van der Waals surface area contributed by atoms with Gasteiger partial charge in [0.1, 0.15) is 17.6 Å². The van der Waals surface area contributed by atoms with Crippen LogP contribution in [0.1, 0.15) is 11.5 Å². The third kappa shape index (κ3) is 3.44. The fourth-order valence-electron chi connectivity index (χ4n) is 3.03. The molecular formula is C21H15N5O3. The van der Waals surface area contributed by atoms with Gasteiger partial charge in [0, 0.05) is 35.8 Å². The fraction of sp³-hybridized carbons (Fsp3) is 0.0476. The lowest BCUT2D eigenvalue weighted by atomic mass is 10.2. The summed E-state index contributed by atoms with van der Waals surface area (Å²) in [7, 11) is 1.59. The number of nitrogens with zero attached hydrogens (tertiary/aromatic N) is 4. The van der Waals surface area contributed by atoms with Crippen LogP contribution in [0.25, 0.3) is 28.4 Å². The average Bonchev–Trinajstić information content (AvgIpc) is 3.38. The van der Waals surface area contributed by atoms with Crippen molar-refractivity contribution >= 4 is 28.4 Å². The molecule has 2 aromatic heterocycles. The van der Waals surface area contributed by atoms with Crippen LogP contribution < -0.4 is 4.74 Å². The van der Waals surface area contributed by atoms with Crippen LogP contribution in [0.2, 0.25) is 0 Å². The molecule has 0 spiro atoms. The summed E-state index contributed by atoms with van der Waals surface area (Å²) in [4.78, 5) is 18.1. The molecule has 0 unspecified atom stereocenters. The zero-order valence-corrected chi connectivity index (χ0v) is 15.4. The number of nitrogens with one attached hydrogen (secondary N) is 1. The summed E-state index contributed by atoms with van der Waals surface area (Å²) in [6.45, 7) is 0. The van der Waals surface area contributed by atoms with Gasteiger partial charge in [0.2, 0.25) is 0 Å². The van der Waals surface area contributed by atoms with Crippen molar-refractivity contribution in [2.45, 2.75) is 0 Å². The first-order chi connectivity index (χ1) is 14.1. The van der Waals surface area contributed by atoms with Crippen molar-refractivity contribution in [3.63, 3.8) is 0 Å². The molecule has 0 aliphatic heterocycles. The first kappa shape index (κ1) is 18.0. The van der Waals surface area contributed by atoms with E-state index in [0.717, 1.165) is 22.4 Å². The standard InChI is InChI=1S/C21H15N5O3/c1-29-18-8-9-19-20(12-18)24-21(23-19)14(13-22)11-17-3-2-10-25(17)15-4-6-16(7-5-15)26(27)28/h2-12H,1H3,(H,23,24)/b14-11-. The molecule has 0 saturated heterocycles. The van der Waals surface area contributed by atoms with Gasteiger partial charge in [0.15, 0.2) is 0 Å². The molecule has 4 rings (SSSR count). The van der Waals surface area contributed by atoms with Crippen LogP contribution in [-0.4, -0.2) is 26.6 Å². The number of aromatic nitrogens is 3. The van der Waals surface area contributed by atoms with Gasteiger partial charge in [-0.15, -0.1) is 0 Å². The minimum atomic E-state index is -0.440. The van der Waals surface area contributed by atoms with Gasteiger partial charge in [-0.05, 0) is 42.5 Å². The van der Waals surface area contributed by atoms with Gasteiger partial charge in [-0.25, -0.2) is 4.98 Å². The summed E-state index contributed by atoms with van der Waals surface area (Å²) >= 11 is 0. The topological polar surface area (TPSA) is 110 Å². The number of fused-ring (bicyclic) bond motifs is 1. The second-order valence-electron chi connectivity index (χ2n) is 6.21. The predicted octanol–water partition coefficient (Wildman–Crippen LogP) is 4.33. The predicted molar refractivity (Wildman–Crippen MR) is 109 cm³/mol. The number of rotatable bonds is 5. The summed E-state index contributed by atoms with van der Waals surface area (Å²) in [5, 5.41) is 20.5. The van der Waals surface area contributed by atoms with E-state index in [1.54, 1.807) is 25.3 Å². The summed E-state index contributed by atoms with van der Waals surface area (Å²) in [5.74, 6) is 1.15. The Bertz CT molecular complexity index is 1280. The Morgan fingerprint density at radius 2 is 2.07 bits per heavy atom. The SMILES string of the molecule is COc1ccc2nc(/C(C#N)=C\c3cccn3-c3ccc([N+](=O)[O-])cc3)[nH]c2c1. The molecule has 1 N–H and O–H groups in total. The summed E-state index contributed by atoms with van der Waals surface area (Å²) in [6, 6.07) is 17.5. The number of ether oxygens (including phenoxy) is 1. The molecule has 0 fully saturated rings. The average molecular weight is 385 g/mol. The van der Waals surface area contributed by atoms with Crippen LogP contribution in [-0.2, 0) is 0 Å². The highest BCUT2D eigenvalue weighted by Gasteiger charge is 2.11. The van der Waals surface area contributed by atoms with E-state index in [4.69, 9.17) is 4.74 Å². The molecule has 0 bridgehead atoms. The molecule has 0 aliphatic rings. The minimum Gasteiger partial charge on any atom is -0.497 e. The van der Waals surface area contributed by atoms with E-state index in [1.807, 2.05) is 41.1 Å². The quantitative estimate of drug-likeness (QED) is 0.312. The molecule has 8 nitrogen and oxygen atoms in total. The van der Waals surface area contributed by atoms with Crippen LogP contribution in [0.15, 0.2) is 60.8 Å². The highest BCUT2D eigenvalue weighted by atomic mass is 16.6. The highest BCUT2D eigenvalue weighted by Crippen LogP contribution is 2.24.